The van der Waals surface area contributed by atoms with Crippen LogP contribution in [-0.4, -0.2) is 56.1 Å². The summed E-state index contributed by atoms with van der Waals surface area (Å²) in [5.41, 5.74) is 1.20. The molecule has 7 heteroatoms. The number of carbonyl (C=O) groups excluding carboxylic acids is 1. The predicted octanol–water partition coefficient (Wildman–Crippen LogP) is 3.28. The fourth-order valence-electron chi connectivity index (χ4n) is 4.09. The highest BCUT2D eigenvalue weighted by Gasteiger charge is 2.30. The minimum Gasteiger partial charge on any atom is -0.380 e. The van der Waals surface area contributed by atoms with Gasteiger partial charge in [-0.15, -0.1) is 11.3 Å². The molecule has 1 aliphatic heterocycles. The fourth-order valence-corrected chi connectivity index (χ4v) is 5.36. The van der Waals surface area contributed by atoms with Gasteiger partial charge in [0.1, 0.15) is 0 Å². The van der Waals surface area contributed by atoms with Crippen molar-refractivity contribution in [2.45, 2.75) is 57.9 Å². The molecular weight excluding hydrogens is 370 g/mol. The third-order valence-corrected chi connectivity index (χ3v) is 6.67. The Morgan fingerprint density at radius 2 is 2.15 bits per heavy atom. The van der Waals surface area contributed by atoms with Crippen LogP contribution in [0, 0.1) is 5.92 Å². The van der Waals surface area contributed by atoms with Gasteiger partial charge in [0.05, 0.1) is 13.2 Å². The van der Waals surface area contributed by atoms with Crippen molar-refractivity contribution in [2.75, 3.05) is 32.8 Å². The first-order valence-electron chi connectivity index (χ1n) is 9.95. The van der Waals surface area contributed by atoms with E-state index in [1.165, 1.54) is 10.4 Å². The van der Waals surface area contributed by atoms with Gasteiger partial charge in [-0.3, -0.25) is 4.79 Å². The fraction of sp³-hybridized carbons (Fsp3) is 0.750. The number of halogens is 2. The normalized spacial score (nSPS) is 24.7. The summed E-state index contributed by atoms with van der Waals surface area (Å²) in [6.45, 7) is 5.93. The van der Waals surface area contributed by atoms with E-state index in [0.29, 0.717) is 25.2 Å². The lowest BCUT2D eigenvalue weighted by Crippen LogP contribution is -2.47. The summed E-state index contributed by atoms with van der Waals surface area (Å²) in [5.74, 6) is 0.696. The van der Waals surface area contributed by atoms with E-state index >= 15 is 0 Å². The van der Waals surface area contributed by atoms with Crippen molar-refractivity contribution >= 4 is 17.2 Å². The summed E-state index contributed by atoms with van der Waals surface area (Å²) in [7, 11) is 0. The molecule has 0 radical (unpaired) electrons. The second-order valence-corrected chi connectivity index (χ2v) is 8.98. The molecule has 27 heavy (non-hydrogen) atoms. The second kappa shape index (κ2) is 9.94. The van der Waals surface area contributed by atoms with Gasteiger partial charge in [0, 0.05) is 42.2 Å². The van der Waals surface area contributed by atoms with E-state index in [4.69, 9.17) is 4.74 Å². The molecule has 2 aliphatic rings. The molecule has 1 amide bonds. The predicted molar refractivity (Wildman–Crippen MR) is 104 cm³/mol. The number of hydrogen-bond acceptors (Lipinski definition) is 4. The van der Waals surface area contributed by atoms with Gasteiger partial charge in [-0.25, -0.2) is 8.78 Å². The lowest BCUT2D eigenvalue weighted by atomic mass is 9.80. The van der Waals surface area contributed by atoms with Crippen LogP contribution in [0.2, 0.25) is 0 Å². The second-order valence-electron chi connectivity index (χ2n) is 7.76. The van der Waals surface area contributed by atoms with Crippen molar-refractivity contribution in [3.8, 4) is 0 Å². The Morgan fingerprint density at radius 3 is 2.89 bits per heavy atom. The minimum absolute atomic E-state index is 0.0556. The van der Waals surface area contributed by atoms with Crippen molar-refractivity contribution in [1.29, 1.82) is 0 Å². The van der Waals surface area contributed by atoms with Crippen LogP contribution in [0.1, 0.15) is 41.5 Å². The minimum atomic E-state index is -2.28. The number of nitrogens with one attached hydrogen (secondary N) is 1. The number of thiophene rings is 1. The molecule has 0 aromatic carbocycles. The Kier molecular flexibility index (Phi) is 7.61. The SMILES string of the molecule is CC(=O)NC1CC(CN2CCCc3sc(CC(F)F)cc3CCOCC2)C1. The van der Waals surface area contributed by atoms with E-state index in [1.54, 1.807) is 18.3 Å². The van der Waals surface area contributed by atoms with Crippen LogP contribution < -0.4 is 5.32 Å². The van der Waals surface area contributed by atoms with Crippen molar-refractivity contribution in [2.24, 2.45) is 5.92 Å². The summed E-state index contributed by atoms with van der Waals surface area (Å²) < 4.78 is 31.2. The summed E-state index contributed by atoms with van der Waals surface area (Å²) in [4.78, 5) is 15.6. The van der Waals surface area contributed by atoms with Gasteiger partial charge in [-0.05, 0) is 56.2 Å². The number of amides is 1. The standard InChI is InChI=1S/C20H30F2N2O2S/c1-14(25)23-17-9-15(10-17)13-24-5-2-3-19-16(4-7-26-8-6-24)11-18(27-19)12-20(21)22/h11,15,17,20H,2-10,12-13H2,1H3,(H,23,25). The zero-order chi connectivity index (χ0) is 19.2. The molecular formula is C20H30F2N2O2S. The quantitative estimate of drug-likeness (QED) is 0.825. The van der Waals surface area contributed by atoms with Gasteiger partial charge in [-0.1, -0.05) is 0 Å². The molecule has 0 spiro atoms. The van der Waals surface area contributed by atoms with Crippen LogP contribution in [-0.2, 0) is 28.8 Å². The van der Waals surface area contributed by atoms with Gasteiger partial charge in [0.2, 0.25) is 12.3 Å². The molecule has 1 aliphatic carbocycles. The number of fused-ring (bicyclic) bond motifs is 1. The maximum Gasteiger partial charge on any atom is 0.243 e. The molecule has 3 rings (SSSR count). The molecule has 1 saturated carbocycles. The number of hydrogen-bond donors (Lipinski definition) is 1. The van der Waals surface area contributed by atoms with Crippen molar-refractivity contribution in [3.63, 3.8) is 0 Å². The first kappa shape index (κ1) is 20.7. The summed E-state index contributed by atoms with van der Waals surface area (Å²) in [6, 6.07) is 2.30. The lowest BCUT2D eigenvalue weighted by molar-refractivity contribution is -0.120. The van der Waals surface area contributed by atoms with Crippen LogP contribution in [0.4, 0.5) is 8.78 Å². The average molecular weight is 401 g/mol. The third-order valence-electron chi connectivity index (χ3n) is 5.41. The molecule has 0 atom stereocenters. The molecule has 0 unspecified atom stereocenters. The Bertz CT molecular complexity index is 617. The molecule has 4 nitrogen and oxygen atoms in total. The summed E-state index contributed by atoms with van der Waals surface area (Å²) in [5, 5.41) is 2.99. The lowest BCUT2D eigenvalue weighted by Gasteiger charge is -2.38. The van der Waals surface area contributed by atoms with Gasteiger partial charge < -0.3 is 15.0 Å². The average Bonchev–Trinajstić information content (AvgIpc) is 2.90. The highest BCUT2D eigenvalue weighted by atomic mass is 32.1. The van der Waals surface area contributed by atoms with Crippen molar-refractivity contribution < 1.29 is 18.3 Å². The van der Waals surface area contributed by atoms with Gasteiger partial charge in [-0.2, -0.15) is 0 Å². The van der Waals surface area contributed by atoms with Gasteiger partial charge in [0.15, 0.2) is 0 Å². The van der Waals surface area contributed by atoms with E-state index in [0.717, 1.165) is 56.6 Å². The monoisotopic (exact) mass is 400 g/mol. The van der Waals surface area contributed by atoms with Crippen LogP contribution in [0.5, 0.6) is 0 Å². The smallest absolute Gasteiger partial charge is 0.243 e. The Hall–Kier alpha value is -1.05. The number of rotatable bonds is 5. The van der Waals surface area contributed by atoms with Crippen LogP contribution in [0.15, 0.2) is 6.07 Å². The van der Waals surface area contributed by atoms with E-state index in [9.17, 15) is 13.6 Å². The molecule has 152 valence electrons. The first-order chi connectivity index (χ1) is 13.0. The highest BCUT2D eigenvalue weighted by molar-refractivity contribution is 7.12. The molecule has 1 N–H and O–H groups in total. The molecule has 0 bridgehead atoms. The summed E-state index contributed by atoms with van der Waals surface area (Å²) in [6.07, 6.45) is 2.52. The van der Waals surface area contributed by atoms with E-state index in [1.807, 2.05) is 6.07 Å². The zero-order valence-electron chi connectivity index (χ0n) is 16.0. The van der Waals surface area contributed by atoms with Crippen LogP contribution >= 0.6 is 11.3 Å². The number of ether oxygens (including phenoxy) is 1. The Morgan fingerprint density at radius 1 is 1.33 bits per heavy atom. The zero-order valence-corrected chi connectivity index (χ0v) is 16.8. The molecule has 1 aromatic heterocycles. The first-order valence-corrected chi connectivity index (χ1v) is 10.8. The number of alkyl halides is 2. The van der Waals surface area contributed by atoms with Crippen molar-refractivity contribution in [3.05, 3.63) is 21.4 Å². The highest BCUT2D eigenvalue weighted by Crippen LogP contribution is 2.29. The van der Waals surface area contributed by atoms with Crippen LogP contribution in [0.3, 0.4) is 0 Å². The Labute approximate surface area is 164 Å². The molecule has 1 aromatic rings. The Balaban J connectivity index is 1.50. The maximum atomic E-state index is 12.7. The van der Waals surface area contributed by atoms with Crippen molar-refractivity contribution in [1.82, 2.24) is 10.2 Å². The number of aryl methyl sites for hydroxylation is 1. The largest absolute Gasteiger partial charge is 0.380 e. The van der Waals surface area contributed by atoms with Gasteiger partial charge >= 0.3 is 0 Å². The van der Waals surface area contributed by atoms with E-state index in [2.05, 4.69) is 10.2 Å². The van der Waals surface area contributed by atoms with E-state index in [-0.39, 0.29) is 12.3 Å². The molecule has 1 fully saturated rings. The van der Waals surface area contributed by atoms with Crippen LogP contribution in [0.25, 0.3) is 0 Å². The summed E-state index contributed by atoms with van der Waals surface area (Å²) >= 11 is 1.55. The van der Waals surface area contributed by atoms with E-state index < -0.39 is 6.43 Å². The molecule has 0 saturated heterocycles. The number of carbonyl (C=O) groups is 1. The maximum absolute atomic E-state index is 12.7. The third kappa shape index (κ3) is 6.50. The topological polar surface area (TPSA) is 41.6 Å². The van der Waals surface area contributed by atoms with Gasteiger partial charge in [0.25, 0.3) is 0 Å². The number of nitrogens with zero attached hydrogens (tertiary/aromatic N) is 1. The molecule has 2 heterocycles.